The van der Waals surface area contributed by atoms with Crippen molar-refractivity contribution in [3.8, 4) is 11.8 Å². The van der Waals surface area contributed by atoms with Gasteiger partial charge in [-0.2, -0.15) is 0 Å². The molecule has 0 radical (unpaired) electrons. The summed E-state index contributed by atoms with van der Waals surface area (Å²) in [6, 6.07) is 32.4. The summed E-state index contributed by atoms with van der Waals surface area (Å²) in [4.78, 5) is 74.1. The third kappa shape index (κ3) is 7.03. The van der Waals surface area contributed by atoms with Gasteiger partial charge in [0.2, 0.25) is 0 Å². The van der Waals surface area contributed by atoms with Crippen LogP contribution in [0.15, 0.2) is 109 Å². The molecule has 2 aromatic heterocycles. The average Bonchev–Trinajstić information content (AvgIpc) is 3.98. The number of amides is 4. The number of nitrogens with one attached hydrogen (secondary N) is 4. The monoisotopic (exact) mass is 852 g/mol. The van der Waals surface area contributed by atoms with Crippen LogP contribution in [0.3, 0.4) is 0 Å². The quantitative estimate of drug-likeness (QED) is 0.114. The summed E-state index contributed by atoms with van der Waals surface area (Å²) in [6.45, 7) is 0. The molecule has 4 heterocycles. The highest BCUT2D eigenvalue weighted by Gasteiger charge is 2.57. The summed E-state index contributed by atoms with van der Waals surface area (Å²) in [6.07, 6.45) is 2.12. The predicted octanol–water partition coefficient (Wildman–Crippen LogP) is 7.51. The van der Waals surface area contributed by atoms with Crippen LogP contribution in [0.25, 0.3) is 32.8 Å². The van der Waals surface area contributed by atoms with Crippen molar-refractivity contribution in [2.75, 3.05) is 14.2 Å². The predicted molar refractivity (Wildman–Crippen MR) is 237 cm³/mol. The molecule has 4 fully saturated rings. The van der Waals surface area contributed by atoms with E-state index in [2.05, 4.69) is 44.6 Å². The highest BCUT2D eigenvalue weighted by molar-refractivity contribution is 6.04. The fourth-order valence-electron chi connectivity index (χ4n) is 10.0. The molecular formula is C50H44N8O6. The zero-order valence-corrected chi connectivity index (χ0v) is 35.1. The molecule has 14 heteroatoms. The van der Waals surface area contributed by atoms with Gasteiger partial charge in [0.15, 0.2) is 0 Å². The Kier molecular flexibility index (Phi) is 9.56. The van der Waals surface area contributed by atoms with Crippen molar-refractivity contribution in [1.82, 2.24) is 40.4 Å². The summed E-state index contributed by atoms with van der Waals surface area (Å²) in [5.74, 6) is 8.52. The van der Waals surface area contributed by atoms with Crippen LogP contribution >= 0.6 is 0 Å². The molecule has 14 nitrogen and oxygen atoms in total. The Hall–Kier alpha value is -7.66. The Morgan fingerprint density at radius 2 is 1.14 bits per heavy atom. The number of alkyl carbamates (subject to hydrolysis) is 2. The maximum Gasteiger partial charge on any atom is 0.407 e. The second-order valence-corrected chi connectivity index (χ2v) is 17.2. The molecule has 2 aliphatic heterocycles. The summed E-state index contributed by atoms with van der Waals surface area (Å²) in [7, 11) is 2.58. The molecule has 2 aliphatic carbocycles. The molecule has 64 heavy (non-hydrogen) atoms. The number of ether oxygens (including phenoxy) is 2. The minimum atomic E-state index is -0.887. The molecule has 5 aromatic carbocycles. The van der Waals surface area contributed by atoms with E-state index in [4.69, 9.17) is 19.4 Å². The van der Waals surface area contributed by atoms with Crippen LogP contribution in [0.5, 0.6) is 0 Å². The van der Waals surface area contributed by atoms with Crippen LogP contribution in [-0.2, 0) is 19.1 Å². The number of hydrogen-bond donors (Lipinski definition) is 4. The molecule has 4 N–H and O–H groups in total. The fourth-order valence-corrected chi connectivity index (χ4v) is 10.0. The van der Waals surface area contributed by atoms with Gasteiger partial charge in [0.1, 0.15) is 23.7 Å². The van der Waals surface area contributed by atoms with Gasteiger partial charge in [0, 0.05) is 28.6 Å². The number of piperidine rings is 2. The van der Waals surface area contributed by atoms with Crippen LogP contribution < -0.4 is 10.6 Å². The first-order valence-corrected chi connectivity index (χ1v) is 21.6. The Balaban J connectivity index is 0.827. The Morgan fingerprint density at radius 1 is 0.625 bits per heavy atom. The van der Waals surface area contributed by atoms with Crippen molar-refractivity contribution in [1.29, 1.82) is 0 Å². The summed E-state index contributed by atoms with van der Waals surface area (Å²) >= 11 is 0. The molecule has 8 atom stereocenters. The van der Waals surface area contributed by atoms with Crippen molar-refractivity contribution in [2.24, 2.45) is 11.8 Å². The zero-order chi connectivity index (χ0) is 43.6. The third-order valence-corrected chi connectivity index (χ3v) is 13.3. The number of H-pyrrole nitrogens is 2. The number of imidazole rings is 2. The molecular weight excluding hydrogens is 809 g/mol. The van der Waals surface area contributed by atoms with Gasteiger partial charge in [-0.25, -0.2) is 19.6 Å². The van der Waals surface area contributed by atoms with Gasteiger partial charge in [0.25, 0.3) is 11.8 Å². The number of carbonyl (C=O) groups is 4. The summed E-state index contributed by atoms with van der Waals surface area (Å²) in [5.41, 5.74) is 6.35. The van der Waals surface area contributed by atoms with E-state index in [0.29, 0.717) is 28.8 Å². The van der Waals surface area contributed by atoms with Gasteiger partial charge in [-0.3, -0.25) is 9.59 Å². The second kappa shape index (κ2) is 15.6. The zero-order valence-electron chi connectivity index (χ0n) is 35.1. The molecule has 4 aliphatic rings. The minimum Gasteiger partial charge on any atom is -0.453 e. The van der Waals surface area contributed by atoms with E-state index in [0.717, 1.165) is 75.5 Å². The first-order valence-electron chi connectivity index (χ1n) is 21.6. The summed E-state index contributed by atoms with van der Waals surface area (Å²) < 4.78 is 9.77. The van der Waals surface area contributed by atoms with Crippen molar-refractivity contribution in [3.63, 3.8) is 0 Å². The molecule has 7 aromatic rings. The number of likely N-dealkylation sites (tertiary alicyclic amines) is 2. The van der Waals surface area contributed by atoms with Crippen LogP contribution in [0.1, 0.15) is 83.8 Å². The molecule has 2 saturated heterocycles. The number of fused-ring (bicyclic) bond motifs is 6. The normalized spacial score (nSPS) is 22.5. The number of aromatic amines is 2. The molecule has 320 valence electrons. The lowest BCUT2D eigenvalue weighted by atomic mass is 10.0. The van der Waals surface area contributed by atoms with Crippen LogP contribution in [0, 0.1) is 23.7 Å². The van der Waals surface area contributed by atoms with Crippen LogP contribution in [-0.4, -0.2) is 80.0 Å². The maximum absolute atomic E-state index is 14.3. The number of hydrogen-bond acceptors (Lipinski definition) is 8. The second-order valence-electron chi connectivity index (χ2n) is 17.2. The Labute approximate surface area is 367 Å². The van der Waals surface area contributed by atoms with Gasteiger partial charge in [-0.15, -0.1) is 0 Å². The lowest BCUT2D eigenvalue weighted by Gasteiger charge is -2.30. The molecule has 0 bridgehead atoms. The first-order chi connectivity index (χ1) is 31.2. The van der Waals surface area contributed by atoms with E-state index in [1.165, 1.54) is 14.2 Å². The van der Waals surface area contributed by atoms with Crippen LogP contribution in [0.2, 0.25) is 0 Å². The molecule has 0 unspecified atom stereocenters. The summed E-state index contributed by atoms with van der Waals surface area (Å²) in [5, 5.41) is 7.52. The molecule has 11 rings (SSSR count). The van der Waals surface area contributed by atoms with Gasteiger partial charge in [0.05, 0.1) is 48.4 Å². The van der Waals surface area contributed by atoms with Gasteiger partial charge in [-0.05, 0) is 90.4 Å². The number of methoxy groups -OCH3 is 2. The van der Waals surface area contributed by atoms with E-state index in [1.807, 2.05) is 107 Å². The highest BCUT2D eigenvalue weighted by Crippen LogP contribution is 2.55. The van der Waals surface area contributed by atoms with E-state index < -0.39 is 24.3 Å². The topological polar surface area (TPSA) is 175 Å². The average molecular weight is 853 g/mol. The van der Waals surface area contributed by atoms with Gasteiger partial charge >= 0.3 is 12.2 Å². The van der Waals surface area contributed by atoms with E-state index in [1.54, 1.807) is 0 Å². The van der Waals surface area contributed by atoms with Crippen molar-refractivity contribution >= 4 is 56.8 Å². The minimum absolute atomic E-state index is 0.0977. The van der Waals surface area contributed by atoms with Crippen LogP contribution in [0.4, 0.5) is 9.59 Å². The standard InChI is InChI=1S/C50H44N8O6/c1-63-49(61)55-42(29-9-5-3-6-10-29)47(59)57-38-23-32(38)25-40(57)45-51-35-19-16-28(22-37(35)53-45)14-13-27-15-18-34-31(21-27)17-20-36-44(34)54-46(52-36)41-26-33-24-39(33)58(41)48(60)43(56-50(62)64-2)30-11-7-4-8-12-30/h3-12,15-22,32-33,38-43H,23-26H2,1-2H3,(H,51,53)(H,52,54)(H,55,61)(H,56,62)/t32-,33-,38-,39-,40+,41+,42-,43-/m1/s1. The lowest BCUT2D eigenvalue weighted by Crippen LogP contribution is -2.44. The van der Waals surface area contributed by atoms with Crippen molar-refractivity contribution in [3.05, 3.63) is 143 Å². The number of carbonyl (C=O) groups excluding carboxylic acids is 4. The van der Waals surface area contributed by atoms with Gasteiger partial charge < -0.3 is 39.9 Å². The number of aromatic nitrogens is 4. The van der Waals surface area contributed by atoms with Crippen molar-refractivity contribution in [2.45, 2.75) is 61.9 Å². The first kappa shape index (κ1) is 39.2. The number of nitrogens with zero attached hydrogens (tertiary/aromatic N) is 4. The SMILES string of the molecule is COC(=O)N[C@@H](C(=O)N1[C@@H]2C[C@@H]2C[C@H]1c1nc2ccc(C#Cc3ccc4c(ccc5nc([C@@H]6C[C@H]7C[C@H]7N6C(=O)[C@H](NC(=O)OC)c6ccccc6)[nH]c54)c3)cc2[nH]1)c1ccccc1. The highest BCUT2D eigenvalue weighted by atomic mass is 16.5. The lowest BCUT2D eigenvalue weighted by molar-refractivity contribution is -0.136. The van der Waals surface area contributed by atoms with E-state index in [9.17, 15) is 19.2 Å². The van der Waals surface area contributed by atoms with E-state index >= 15 is 0 Å². The number of rotatable bonds is 8. The van der Waals surface area contributed by atoms with Crippen molar-refractivity contribution < 1.29 is 28.7 Å². The molecule has 4 amide bonds. The van der Waals surface area contributed by atoms with Gasteiger partial charge in [-0.1, -0.05) is 84.6 Å². The molecule has 0 spiro atoms. The molecule has 2 saturated carbocycles. The largest absolute Gasteiger partial charge is 0.453 e. The third-order valence-electron chi connectivity index (χ3n) is 13.3. The maximum atomic E-state index is 14.3. The van der Waals surface area contributed by atoms with E-state index in [-0.39, 0.29) is 36.0 Å². The smallest absolute Gasteiger partial charge is 0.407 e. The number of benzene rings is 5. The fraction of sp³-hybridized carbons (Fsp3) is 0.280. The Morgan fingerprint density at radius 3 is 1.72 bits per heavy atom. The Bertz CT molecular complexity index is 3070.